The predicted octanol–water partition coefficient (Wildman–Crippen LogP) is 6.22. The minimum Gasteiger partial charge on any atom is -0.396 e. The van der Waals surface area contributed by atoms with Gasteiger partial charge < -0.3 is 14.6 Å². The first kappa shape index (κ1) is 26.2. The van der Waals surface area contributed by atoms with Crippen LogP contribution in [0.1, 0.15) is 96.8 Å². The summed E-state index contributed by atoms with van der Waals surface area (Å²) in [4.78, 5) is 0. The number of aliphatic hydroxyl groups excluding tert-OH is 1. The van der Waals surface area contributed by atoms with Gasteiger partial charge in [0.2, 0.25) is 0 Å². The van der Waals surface area contributed by atoms with Crippen molar-refractivity contribution < 1.29 is 14.6 Å². The summed E-state index contributed by atoms with van der Waals surface area (Å²) in [6.45, 7) is 4.04. The van der Waals surface area contributed by atoms with Gasteiger partial charge in [-0.2, -0.15) is 11.8 Å². The molecule has 0 saturated heterocycles. The van der Waals surface area contributed by atoms with Crippen molar-refractivity contribution in [2.45, 2.75) is 103 Å². The lowest BCUT2D eigenvalue weighted by molar-refractivity contribution is 0.0198. The maximum atomic E-state index is 8.78. The van der Waals surface area contributed by atoms with Crippen LogP contribution >= 0.6 is 11.8 Å². The molecule has 3 nitrogen and oxygen atoms in total. The van der Waals surface area contributed by atoms with E-state index in [4.69, 9.17) is 14.6 Å². The summed E-state index contributed by atoms with van der Waals surface area (Å²) in [6.07, 6.45) is 19.6. The third kappa shape index (κ3) is 20.5. The number of rotatable bonds is 22. The van der Waals surface area contributed by atoms with E-state index >= 15 is 0 Å². The van der Waals surface area contributed by atoms with Crippen molar-refractivity contribution in [1.29, 1.82) is 0 Å². The third-order valence-corrected chi connectivity index (χ3v) is 5.90. The first-order chi connectivity index (χ1) is 12.8. The van der Waals surface area contributed by atoms with Crippen molar-refractivity contribution in [3.8, 4) is 0 Å². The van der Waals surface area contributed by atoms with Gasteiger partial charge in [-0.15, -0.1) is 0 Å². The zero-order valence-corrected chi connectivity index (χ0v) is 18.5. The minimum absolute atomic E-state index is 0.151. The fourth-order valence-corrected chi connectivity index (χ4v) is 3.87. The van der Waals surface area contributed by atoms with Crippen LogP contribution < -0.4 is 0 Å². The molecule has 0 spiro atoms. The van der Waals surface area contributed by atoms with Gasteiger partial charge in [0.25, 0.3) is 0 Å². The van der Waals surface area contributed by atoms with E-state index in [1.54, 1.807) is 18.9 Å². The molecule has 0 rings (SSSR count). The van der Waals surface area contributed by atoms with Crippen LogP contribution in [0, 0.1) is 0 Å². The van der Waals surface area contributed by atoms with Crippen molar-refractivity contribution in [3.05, 3.63) is 0 Å². The van der Waals surface area contributed by atoms with E-state index < -0.39 is 0 Å². The van der Waals surface area contributed by atoms with Crippen LogP contribution in [-0.4, -0.2) is 49.6 Å². The second-order valence-corrected chi connectivity index (χ2v) is 8.48. The normalized spacial score (nSPS) is 12.6. The van der Waals surface area contributed by atoms with E-state index in [9.17, 15) is 0 Å². The van der Waals surface area contributed by atoms with E-state index in [2.05, 4.69) is 6.92 Å². The molecule has 0 aliphatic heterocycles. The summed E-state index contributed by atoms with van der Waals surface area (Å²) in [5.41, 5.74) is 0. The van der Waals surface area contributed by atoms with E-state index in [1.807, 2.05) is 0 Å². The van der Waals surface area contributed by atoms with Crippen molar-refractivity contribution in [3.63, 3.8) is 0 Å². The second kappa shape index (κ2) is 23.3. The molecule has 0 aromatic heterocycles. The molecule has 1 unspecified atom stereocenters. The van der Waals surface area contributed by atoms with Crippen LogP contribution in [-0.2, 0) is 9.47 Å². The van der Waals surface area contributed by atoms with Crippen molar-refractivity contribution in [2.75, 3.05) is 38.4 Å². The Labute approximate surface area is 168 Å². The number of ether oxygens (including phenoxy) is 2. The smallest absolute Gasteiger partial charge is 0.0894 e. The molecule has 0 aromatic rings. The third-order valence-electron chi connectivity index (χ3n) is 4.82. The summed E-state index contributed by atoms with van der Waals surface area (Å²) in [5, 5.41) is 8.78. The summed E-state index contributed by atoms with van der Waals surface area (Å²) < 4.78 is 11.1. The molecular weight excluding hydrogens is 344 g/mol. The highest BCUT2D eigenvalue weighted by Gasteiger charge is 2.07. The zero-order chi connectivity index (χ0) is 19.1. The Kier molecular flexibility index (Phi) is 23.5. The average Bonchev–Trinajstić information content (AvgIpc) is 2.66. The fourth-order valence-electron chi connectivity index (χ4n) is 3.08. The van der Waals surface area contributed by atoms with Gasteiger partial charge >= 0.3 is 0 Å². The Morgan fingerprint density at radius 1 is 0.769 bits per heavy atom. The van der Waals surface area contributed by atoms with Gasteiger partial charge in [-0.1, -0.05) is 90.4 Å². The lowest BCUT2D eigenvalue weighted by Crippen LogP contribution is -2.21. The largest absolute Gasteiger partial charge is 0.396 e. The lowest BCUT2D eigenvalue weighted by atomic mass is 10.0. The highest BCUT2D eigenvalue weighted by atomic mass is 32.2. The number of thioether (sulfide) groups is 1. The molecule has 0 fully saturated rings. The van der Waals surface area contributed by atoms with Gasteiger partial charge in [0.1, 0.15) is 0 Å². The Balaban J connectivity index is 3.14. The molecule has 0 saturated carbocycles. The molecular formula is C22H46O3S. The van der Waals surface area contributed by atoms with Gasteiger partial charge in [-0.25, -0.2) is 0 Å². The summed E-state index contributed by atoms with van der Waals surface area (Å²) in [6, 6.07) is 0. The molecule has 0 heterocycles. The fraction of sp³-hybridized carbons (Fsp3) is 1.00. The molecule has 26 heavy (non-hydrogen) atoms. The average molecular weight is 391 g/mol. The van der Waals surface area contributed by atoms with Gasteiger partial charge in [0.15, 0.2) is 0 Å². The Morgan fingerprint density at radius 3 is 1.73 bits per heavy atom. The van der Waals surface area contributed by atoms with E-state index in [0.29, 0.717) is 6.61 Å². The SMILES string of the molecule is CCCCCCCCCCCCCCCCOCC(CSCCO)OC. The first-order valence-corrected chi connectivity index (χ1v) is 12.3. The lowest BCUT2D eigenvalue weighted by Gasteiger charge is -2.15. The molecule has 0 bridgehead atoms. The van der Waals surface area contributed by atoms with Crippen LogP contribution in [0.15, 0.2) is 0 Å². The topological polar surface area (TPSA) is 38.7 Å². The van der Waals surface area contributed by atoms with Crippen molar-refractivity contribution in [1.82, 2.24) is 0 Å². The molecule has 1 N–H and O–H groups in total. The van der Waals surface area contributed by atoms with Crippen molar-refractivity contribution in [2.24, 2.45) is 0 Å². The summed E-state index contributed by atoms with van der Waals surface area (Å²) >= 11 is 1.72. The molecule has 4 heteroatoms. The van der Waals surface area contributed by atoms with Gasteiger partial charge in [-0.3, -0.25) is 0 Å². The van der Waals surface area contributed by atoms with Crippen LogP contribution in [0.3, 0.4) is 0 Å². The maximum Gasteiger partial charge on any atom is 0.0894 e. The molecule has 0 aliphatic rings. The number of unbranched alkanes of at least 4 members (excludes halogenated alkanes) is 13. The van der Waals surface area contributed by atoms with E-state index in [-0.39, 0.29) is 12.7 Å². The standard InChI is InChI=1S/C22H46O3S/c1-3-4-5-6-7-8-9-10-11-12-13-14-15-16-18-25-20-22(24-2)21-26-19-17-23/h22-23H,3-21H2,1-2H3. The Bertz CT molecular complexity index is 252. The van der Waals surface area contributed by atoms with Crippen molar-refractivity contribution >= 4 is 11.8 Å². The number of hydrogen-bond acceptors (Lipinski definition) is 4. The summed E-state index contributed by atoms with van der Waals surface area (Å²) in [5.74, 6) is 1.68. The van der Waals surface area contributed by atoms with Crippen LogP contribution in [0.25, 0.3) is 0 Å². The molecule has 158 valence electrons. The van der Waals surface area contributed by atoms with E-state index in [0.717, 1.165) is 24.5 Å². The highest BCUT2D eigenvalue weighted by Crippen LogP contribution is 2.13. The van der Waals surface area contributed by atoms with Gasteiger partial charge in [0.05, 0.1) is 19.3 Å². The Hall–Kier alpha value is 0.230. The van der Waals surface area contributed by atoms with Crippen LogP contribution in [0.4, 0.5) is 0 Å². The summed E-state index contributed by atoms with van der Waals surface area (Å²) in [7, 11) is 1.74. The minimum atomic E-state index is 0.151. The molecule has 0 amide bonds. The van der Waals surface area contributed by atoms with Gasteiger partial charge in [0, 0.05) is 25.2 Å². The quantitative estimate of drug-likeness (QED) is 0.223. The number of hydrogen-bond donors (Lipinski definition) is 1. The monoisotopic (exact) mass is 390 g/mol. The van der Waals surface area contributed by atoms with Crippen LogP contribution in [0.5, 0.6) is 0 Å². The zero-order valence-electron chi connectivity index (χ0n) is 17.7. The number of methoxy groups -OCH3 is 1. The number of aliphatic hydroxyl groups is 1. The van der Waals surface area contributed by atoms with Crippen LogP contribution in [0.2, 0.25) is 0 Å². The molecule has 1 atom stereocenters. The highest BCUT2D eigenvalue weighted by molar-refractivity contribution is 7.99. The molecule has 0 aliphatic carbocycles. The molecule has 0 aromatic carbocycles. The second-order valence-electron chi connectivity index (χ2n) is 7.33. The predicted molar refractivity (Wildman–Crippen MR) is 116 cm³/mol. The van der Waals surface area contributed by atoms with Gasteiger partial charge in [-0.05, 0) is 6.42 Å². The Morgan fingerprint density at radius 2 is 1.27 bits per heavy atom. The molecule has 0 radical (unpaired) electrons. The maximum absolute atomic E-state index is 8.78. The first-order valence-electron chi connectivity index (χ1n) is 11.1. The van der Waals surface area contributed by atoms with E-state index in [1.165, 1.54) is 83.5 Å².